The van der Waals surface area contributed by atoms with Gasteiger partial charge in [0.1, 0.15) is 12.9 Å². The van der Waals surface area contributed by atoms with Crippen molar-refractivity contribution in [1.29, 1.82) is 0 Å². The fraction of sp³-hybridized carbons (Fsp3) is 0.250. The monoisotopic (exact) mass is 223 g/mol. The molecule has 1 heterocycles. The molecule has 0 aliphatic carbocycles. The molecule has 1 aromatic rings. The highest BCUT2D eigenvalue weighted by Crippen LogP contribution is 2.29. The summed E-state index contributed by atoms with van der Waals surface area (Å²) in [6, 6.07) is 0. The molecule has 16 heavy (non-hydrogen) atoms. The smallest absolute Gasteiger partial charge is 0.374 e. The molecule has 0 atom stereocenters. The minimum atomic E-state index is -0.680. The molecule has 0 aliphatic heterocycles. The van der Waals surface area contributed by atoms with E-state index in [1.807, 2.05) is 0 Å². The van der Waals surface area contributed by atoms with Crippen molar-refractivity contribution < 1.29 is 9.66 Å². The predicted octanol–water partition coefficient (Wildman–Crippen LogP) is 0.0725. The first-order valence-electron chi connectivity index (χ1n) is 4.23. The SMILES string of the molecule is C#CCCOc1ncnc(NN)c1[N+](=O)[O-]. The van der Waals surface area contributed by atoms with E-state index in [1.165, 1.54) is 0 Å². The summed E-state index contributed by atoms with van der Waals surface area (Å²) in [6.07, 6.45) is 6.45. The minimum absolute atomic E-state index is 0.115. The maximum Gasteiger partial charge on any atom is 0.374 e. The Hall–Kier alpha value is -2.40. The van der Waals surface area contributed by atoms with Crippen LogP contribution in [0.4, 0.5) is 11.5 Å². The Balaban J connectivity index is 2.99. The fourth-order valence-electron chi connectivity index (χ4n) is 0.945. The van der Waals surface area contributed by atoms with Gasteiger partial charge in [0.15, 0.2) is 0 Å². The lowest BCUT2D eigenvalue weighted by molar-refractivity contribution is -0.385. The van der Waals surface area contributed by atoms with Crippen molar-refractivity contribution in [3.8, 4) is 18.2 Å². The molecular formula is C8H9N5O3. The van der Waals surface area contributed by atoms with Crippen molar-refractivity contribution in [1.82, 2.24) is 9.97 Å². The van der Waals surface area contributed by atoms with E-state index in [4.69, 9.17) is 17.0 Å². The highest BCUT2D eigenvalue weighted by Gasteiger charge is 2.23. The van der Waals surface area contributed by atoms with E-state index < -0.39 is 10.6 Å². The van der Waals surface area contributed by atoms with Gasteiger partial charge in [-0.25, -0.2) is 10.8 Å². The maximum atomic E-state index is 10.7. The molecule has 0 radical (unpaired) electrons. The zero-order valence-corrected chi connectivity index (χ0v) is 8.21. The van der Waals surface area contributed by atoms with Crippen LogP contribution in [0.3, 0.4) is 0 Å². The van der Waals surface area contributed by atoms with Crippen LogP contribution in [0.25, 0.3) is 0 Å². The van der Waals surface area contributed by atoms with Gasteiger partial charge < -0.3 is 10.2 Å². The number of rotatable bonds is 5. The molecule has 8 nitrogen and oxygen atoms in total. The van der Waals surface area contributed by atoms with Crippen molar-refractivity contribution in [2.24, 2.45) is 5.84 Å². The van der Waals surface area contributed by atoms with Crippen LogP contribution in [0, 0.1) is 22.5 Å². The molecule has 0 aliphatic rings. The van der Waals surface area contributed by atoms with Gasteiger partial charge in [-0.15, -0.1) is 12.3 Å². The number of nitrogens with zero attached hydrogens (tertiary/aromatic N) is 3. The lowest BCUT2D eigenvalue weighted by atomic mass is 10.4. The largest absolute Gasteiger partial charge is 0.472 e. The summed E-state index contributed by atoms with van der Waals surface area (Å²) in [5.74, 6) is 7.14. The number of hydrogen-bond donors (Lipinski definition) is 2. The minimum Gasteiger partial charge on any atom is -0.472 e. The van der Waals surface area contributed by atoms with Crippen LogP contribution in [0.15, 0.2) is 6.33 Å². The van der Waals surface area contributed by atoms with E-state index in [0.717, 1.165) is 6.33 Å². The number of hydrazine groups is 1. The van der Waals surface area contributed by atoms with Gasteiger partial charge in [0.2, 0.25) is 5.82 Å². The normalized spacial score (nSPS) is 9.25. The van der Waals surface area contributed by atoms with Gasteiger partial charge in [0.25, 0.3) is 5.88 Å². The van der Waals surface area contributed by atoms with Gasteiger partial charge in [0, 0.05) is 6.42 Å². The molecule has 0 unspecified atom stereocenters. The molecule has 0 saturated carbocycles. The molecule has 84 valence electrons. The fourth-order valence-corrected chi connectivity index (χ4v) is 0.945. The van der Waals surface area contributed by atoms with E-state index in [9.17, 15) is 10.1 Å². The number of aromatic nitrogens is 2. The maximum absolute atomic E-state index is 10.7. The highest BCUT2D eigenvalue weighted by molar-refractivity contribution is 5.60. The lowest BCUT2D eigenvalue weighted by Gasteiger charge is -2.05. The molecule has 0 saturated heterocycles. The molecule has 0 bridgehead atoms. The topological polar surface area (TPSA) is 116 Å². The third-order valence-electron chi connectivity index (χ3n) is 1.59. The number of hydrogen-bond acceptors (Lipinski definition) is 7. The number of nitrogens with one attached hydrogen (secondary N) is 1. The third-order valence-corrected chi connectivity index (χ3v) is 1.59. The summed E-state index contributed by atoms with van der Waals surface area (Å²) in [6.45, 7) is 0.137. The molecule has 0 aromatic carbocycles. The van der Waals surface area contributed by atoms with Crippen molar-refractivity contribution in [2.45, 2.75) is 6.42 Å². The quantitative estimate of drug-likeness (QED) is 0.238. The number of terminal acetylenes is 1. The van der Waals surface area contributed by atoms with Crippen LogP contribution in [0.5, 0.6) is 5.88 Å². The first-order chi connectivity index (χ1) is 7.70. The molecule has 0 amide bonds. The lowest BCUT2D eigenvalue weighted by Crippen LogP contribution is -2.12. The molecule has 3 N–H and O–H groups in total. The van der Waals surface area contributed by atoms with E-state index in [2.05, 4.69) is 21.3 Å². The van der Waals surface area contributed by atoms with E-state index >= 15 is 0 Å². The van der Waals surface area contributed by atoms with Crippen LogP contribution in [0.1, 0.15) is 6.42 Å². The summed E-state index contributed by atoms with van der Waals surface area (Å²) in [5.41, 5.74) is 1.68. The van der Waals surface area contributed by atoms with Gasteiger partial charge in [-0.3, -0.25) is 10.1 Å². The third kappa shape index (κ3) is 2.55. The molecule has 1 rings (SSSR count). The second-order valence-electron chi connectivity index (χ2n) is 2.58. The van der Waals surface area contributed by atoms with E-state index in [0.29, 0.717) is 6.42 Å². The van der Waals surface area contributed by atoms with E-state index in [1.54, 1.807) is 0 Å². The average Bonchev–Trinajstić information content (AvgIpc) is 2.28. The first kappa shape index (κ1) is 11.7. The number of nitrogens with two attached hydrogens (primary N) is 1. The highest BCUT2D eigenvalue weighted by atomic mass is 16.6. The number of nitro groups is 1. The van der Waals surface area contributed by atoms with Gasteiger partial charge in [-0.2, -0.15) is 4.98 Å². The van der Waals surface area contributed by atoms with Crippen LogP contribution < -0.4 is 16.0 Å². The van der Waals surface area contributed by atoms with Gasteiger partial charge in [-0.1, -0.05) is 0 Å². The Morgan fingerprint density at radius 1 is 1.69 bits per heavy atom. The van der Waals surface area contributed by atoms with Gasteiger partial charge in [0.05, 0.1) is 4.92 Å². The van der Waals surface area contributed by atoms with Crippen molar-refractivity contribution in [3.63, 3.8) is 0 Å². The molecule has 1 aromatic heterocycles. The summed E-state index contributed by atoms with van der Waals surface area (Å²) < 4.78 is 5.05. The Labute approximate surface area is 91.0 Å². The Morgan fingerprint density at radius 3 is 3.00 bits per heavy atom. The number of nitrogen functional groups attached to an aromatic ring is 1. The summed E-state index contributed by atoms with van der Waals surface area (Å²) >= 11 is 0. The Kier molecular flexibility index (Phi) is 3.99. The zero-order chi connectivity index (χ0) is 12.0. The van der Waals surface area contributed by atoms with Crippen LogP contribution in [-0.2, 0) is 0 Å². The summed E-state index contributed by atoms with van der Waals surface area (Å²) in [5, 5.41) is 10.7. The summed E-state index contributed by atoms with van der Waals surface area (Å²) in [4.78, 5) is 17.3. The standard InChI is InChI=1S/C8H9N5O3/c1-2-3-4-16-8-6(13(14)15)7(12-9)10-5-11-8/h1,5H,3-4,9H2,(H,10,11,12). The first-order valence-corrected chi connectivity index (χ1v) is 4.23. The molecule has 8 heteroatoms. The number of ether oxygens (including phenoxy) is 1. The van der Waals surface area contributed by atoms with Gasteiger partial charge in [-0.05, 0) is 0 Å². The van der Waals surface area contributed by atoms with Crippen molar-refractivity contribution in [3.05, 3.63) is 16.4 Å². The Bertz CT molecular complexity index is 428. The summed E-state index contributed by atoms with van der Waals surface area (Å²) in [7, 11) is 0. The van der Waals surface area contributed by atoms with Gasteiger partial charge >= 0.3 is 5.69 Å². The van der Waals surface area contributed by atoms with E-state index in [-0.39, 0.29) is 18.3 Å². The molecule has 0 spiro atoms. The predicted molar refractivity (Wildman–Crippen MR) is 55.4 cm³/mol. The average molecular weight is 223 g/mol. The number of anilines is 1. The van der Waals surface area contributed by atoms with Crippen LogP contribution >= 0.6 is 0 Å². The molecule has 0 fully saturated rings. The van der Waals surface area contributed by atoms with Crippen LogP contribution in [0.2, 0.25) is 0 Å². The van der Waals surface area contributed by atoms with Crippen LogP contribution in [-0.4, -0.2) is 21.5 Å². The van der Waals surface area contributed by atoms with Crippen molar-refractivity contribution in [2.75, 3.05) is 12.0 Å². The second kappa shape index (κ2) is 5.47. The zero-order valence-electron chi connectivity index (χ0n) is 8.21. The Morgan fingerprint density at radius 2 is 2.44 bits per heavy atom. The molecular weight excluding hydrogens is 214 g/mol. The second-order valence-corrected chi connectivity index (χ2v) is 2.58. The van der Waals surface area contributed by atoms with Crippen molar-refractivity contribution >= 4 is 11.5 Å².